The van der Waals surface area contributed by atoms with Crippen LogP contribution >= 0.6 is 0 Å². The third-order valence-electron chi connectivity index (χ3n) is 4.74. The van der Waals surface area contributed by atoms with Gasteiger partial charge in [-0.25, -0.2) is 0 Å². The first-order valence-corrected chi connectivity index (χ1v) is 7.18. The van der Waals surface area contributed by atoms with E-state index >= 15 is 0 Å². The number of carbonyl (C=O) groups excluding carboxylic acids is 1. The Balaban J connectivity index is 1.98. The average molecular weight is 238 g/mol. The smallest absolute Gasteiger partial charge is 0.241 e. The monoisotopic (exact) mass is 238 g/mol. The summed E-state index contributed by atoms with van der Waals surface area (Å²) in [6, 6.07) is 0.0731. The van der Waals surface area contributed by atoms with E-state index in [9.17, 15) is 4.79 Å². The second-order valence-corrected chi connectivity index (χ2v) is 5.86. The van der Waals surface area contributed by atoms with Gasteiger partial charge in [0.05, 0.1) is 12.2 Å². The Morgan fingerprint density at radius 2 is 2.12 bits per heavy atom. The van der Waals surface area contributed by atoms with E-state index in [4.69, 9.17) is 0 Å². The van der Waals surface area contributed by atoms with E-state index in [1.165, 1.54) is 25.7 Å². The van der Waals surface area contributed by atoms with E-state index in [1.54, 1.807) is 0 Å². The Kier molecular flexibility index (Phi) is 3.76. The fourth-order valence-electron chi connectivity index (χ4n) is 3.22. The van der Waals surface area contributed by atoms with E-state index in [2.05, 4.69) is 31.0 Å². The molecule has 0 radical (unpaired) electrons. The van der Waals surface area contributed by atoms with Crippen molar-refractivity contribution in [2.45, 2.75) is 71.5 Å². The maximum Gasteiger partial charge on any atom is 0.241 e. The number of hydrogen-bond acceptors (Lipinski definition) is 2. The van der Waals surface area contributed by atoms with Crippen molar-refractivity contribution < 1.29 is 4.79 Å². The van der Waals surface area contributed by atoms with Crippen LogP contribution in [-0.4, -0.2) is 29.6 Å². The lowest BCUT2D eigenvalue weighted by Crippen LogP contribution is -2.46. The van der Waals surface area contributed by atoms with Crippen LogP contribution in [0.1, 0.15) is 59.3 Å². The summed E-state index contributed by atoms with van der Waals surface area (Å²) in [5.74, 6) is 0.332. The van der Waals surface area contributed by atoms with Crippen molar-refractivity contribution in [3.8, 4) is 0 Å². The van der Waals surface area contributed by atoms with Gasteiger partial charge >= 0.3 is 0 Å². The molecule has 2 fully saturated rings. The highest BCUT2D eigenvalue weighted by Gasteiger charge is 2.43. The Hall–Kier alpha value is -0.570. The van der Waals surface area contributed by atoms with Gasteiger partial charge in [-0.3, -0.25) is 10.1 Å². The van der Waals surface area contributed by atoms with Gasteiger partial charge in [-0.15, -0.1) is 0 Å². The van der Waals surface area contributed by atoms with Crippen LogP contribution in [0.3, 0.4) is 0 Å². The maximum atomic E-state index is 12.3. The normalized spacial score (nSPS) is 31.7. The van der Waals surface area contributed by atoms with E-state index < -0.39 is 0 Å². The number of carbonyl (C=O) groups is 1. The summed E-state index contributed by atoms with van der Waals surface area (Å²) in [6.07, 6.45) is 7.43. The van der Waals surface area contributed by atoms with Gasteiger partial charge in [-0.05, 0) is 38.0 Å². The van der Waals surface area contributed by atoms with Crippen molar-refractivity contribution in [3.63, 3.8) is 0 Å². The van der Waals surface area contributed by atoms with Gasteiger partial charge in [0, 0.05) is 6.54 Å². The van der Waals surface area contributed by atoms with E-state index in [1.807, 2.05) is 0 Å². The topological polar surface area (TPSA) is 32.3 Å². The zero-order valence-electron chi connectivity index (χ0n) is 11.5. The molecule has 1 aliphatic heterocycles. The van der Waals surface area contributed by atoms with Crippen molar-refractivity contribution in [1.82, 2.24) is 10.2 Å². The molecule has 98 valence electrons. The molecule has 1 N–H and O–H groups in total. The van der Waals surface area contributed by atoms with Crippen molar-refractivity contribution >= 4 is 5.91 Å². The number of hydrogen-bond donors (Lipinski definition) is 1. The number of nitrogens with zero attached hydrogens (tertiary/aromatic N) is 1. The molecule has 0 spiro atoms. The van der Waals surface area contributed by atoms with Crippen LogP contribution in [0.25, 0.3) is 0 Å². The molecule has 3 nitrogen and oxygen atoms in total. The minimum atomic E-state index is 0.0731. The zero-order valence-corrected chi connectivity index (χ0v) is 11.5. The van der Waals surface area contributed by atoms with Crippen molar-refractivity contribution in [3.05, 3.63) is 0 Å². The van der Waals surface area contributed by atoms with Gasteiger partial charge in [0.1, 0.15) is 0 Å². The molecule has 2 aliphatic rings. The molecule has 1 saturated carbocycles. The molecule has 1 amide bonds. The van der Waals surface area contributed by atoms with Crippen molar-refractivity contribution in [2.24, 2.45) is 5.41 Å². The minimum absolute atomic E-state index is 0.0731. The molecule has 2 unspecified atom stereocenters. The molecule has 0 bridgehead atoms. The molecule has 2 atom stereocenters. The molecular weight excluding hydrogens is 212 g/mol. The highest BCUT2D eigenvalue weighted by Crippen LogP contribution is 2.45. The van der Waals surface area contributed by atoms with E-state index in [0.717, 1.165) is 19.4 Å². The summed E-state index contributed by atoms with van der Waals surface area (Å²) in [4.78, 5) is 14.4. The number of nitrogens with one attached hydrogen (secondary N) is 1. The summed E-state index contributed by atoms with van der Waals surface area (Å²) >= 11 is 0. The average Bonchev–Trinajstić information content (AvgIpc) is 2.51. The molecule has 1 saturated heterocycles. The molecule has 0 aromatic rings. The predicted molar refractivity (Wildman–Crippen MR) is 69.6 cm³/mol. The lowest BCUT2D eigenvalue weighted by atomic mass is 9.66. The van der Waals surface area contributed by atoms with E-state index in [-0.39, 0.29) is 12.2 Å². The molecule has 0 aromatic heterocycles. The van der Waals surface area contributed by atoms with Gasteiger partial charge in [0.2, 0.25) is 5.91 Å². The quantitative estimate of drug-likeness (QED) is 0.798. The Bertz CT molecular complexity index is 280. The third kappa shape index (κ3) is 2.35. The maximum absolute atomic E-state index is 12.3. The first-order chi connectivity index (χ1) is 8.12. The molecule has 1 heterocycles. The van der Waals surface area contributed by atoms with Crippen LogP contribution in [-0.2, 0) is 4.79 Å². The first-order valence-electron chi connectivity index (χ1n) is 7.18. The standard InChI is InChI=1S/C14H26N2O/c1-4-7-12-13(17)16(11(3)15-12)10-14(5-2)8-6-9-14/h11-12,15H,4-10H2,1-3H3. The Morgan fingerprint density at radius 3 is 2.59 bits per heavy atom. The van der Waals surface area contributed by atoms with Gasteiger partial charge < -0.3 is 4.90 Å². The van der Waals surface area contributed by atoms with Crippen molar-refractivity contribution in [1.29, 1.82) is 0 Å². The lowest BCUT2D eigenvalue weighted by molar-refractivity contribution is -0.132. The second kappa shape index (κ2) is 4.97. The van der Waals surface area contributed by atoms with Gasteiger partial charge in [0.15, 0.2) is 0 Å². The molecule has 0 aromatic carbocycles. The summed E-state index contributed by atoms with van der Waals surface area (Å²) in [6.45, 7) is 7.50. The molecule has 17 heavy (non-hydrogen) atoms. The van der Waals surface area contributed by atoms with Crippen LogP contribution in [0.4, 0.5) is 0 Å². The lowest BCUT2D eigenvalue weighted by Gasteiger charge is -2.44. The summed E-state index contributed by atoms with van der Waals surface area (Å²) in [5, 5.41) is 3.43. The highest BCUT2D eigenvalue weighted by atomic mass is 16.2. The fraction of sp³-hybridized carbons (Fsp3) is 0.929. The SMILES string of the molecule is CCCC1NC(C)N(CC2(CC)CCC2)C1=O. The van der Waals surface area contributed by atoms with Crippen molar-refractivity contribution in [2.75, 3.05) is 6.54 Å². The molecule has 1 aliphatic carbocycles. The summed E-state index contributed by atoms with van der Waals surface area (Å²) in [5.41, 5.74) is 0.437. The second-order valence-electron chi connectivity index (χ2n) is 5.86. The number of amides is 1. The van der Waals surface area contributed by atoms with Gasteiger partial charge in [-0.2, -0.15) is 0 Å². The van der Waals surface area contributed by atoms with Crippen LogP contribution in [0.2, 0.25) is 0 Å². The highest BCUT2D eigenvalue weighted by molar-refractivity contribution is 5.84. The minimum Gasteiger partial charge on any atom is -0.326 e. The third-order valence-corrected chi connectivity index (χ3v) is 4.74. The largest absolute Gasteiger partial charge is 0.326 e. The summed E-state index contributed by atoms with van der Waals surface area (Å²) < 4.78 is 0. The first kappa shape index (κ1) is 12.9. The van der Waals surface area contributed by atoms with Crippen LogP contribution in [0.5, 0.6) is 0 Å². The Morgan fingerprint density at radius 1 is 1.41 bits per heavy atom. The van der Waals surface area contributed by atoms with Crippen LogP contribution in [0, 0.1) is 5.41 Å². The van der Waals surface area contributed by atoms with Crippen LogP contribution < -0.4 is 5.32 Å². The molecule has 3 heteroatoms. The summed E-state index contributed by atoms with van der Waals surface area (Å²) in [7, 11) is 0. The predicted octanol–water partition coefficient (Wildman–Crippen LogP) is 2.51. The Labute approximate surface area is 105 Å². The van der Waals surface area contributed by atoms with Gasteiger partial charge in [-0.1, -0.05) is 26.7 Å². The van der Waals surface area contributed by atoms with Crippen LogP contribution in [0.15, 0.2) is 0 Å². The molecular formula is C14H26N2O. The number of rotatable bonds is 5. The fourth-order valence-corrected chi connectivity index (χ4v) is 3.22. The van der Waals surface area contributed by atoms with Gasteiger partial charge in [0.25, 0.3) is 0 Å². The molecule has 2 rings (SSSR count). The van der Waals surface area contributed by atoms with E-state index in [0.29, 0.717) is 11.3 Å². The zero-order chi connectivity index (χ0) is 12.5.